The van der Waals surface area contributed by atoms with Gasteiger partial charge >= 0.3 is 0 Å². The van der Waals surface area contributed by atoms with Gasteiger partial charge in [-0.3, -0.25) is 9.59 Å². The van der Waals surface area contributed by atoms with Gasteiger partial charge in [-0.05, 0) is 45.2 Å². The number of piperidine rings is 1. The number of carbonyl (C=O) groups is 2. The zero-order valence-corrected chi connectivity index (χ0v) is 15.0. The number of amides is 2. The SMILES string of the molecule is Cc1ccc(NC(C)(C)C(=O)N2CC[C@@H]3CC(=O)N(C)[C@@H]3C2)cc1. The summed E-state index contributed by atoms with van der Waals surface area (Å²) < 4.78 is 0. The minimum Gasteiger partial charge on any atom is -0.372 e. The third-order valence-corrected chi connectivity index (χ3v) is 5.38. The third-order valence-electron chi connectivity index (χ3n) is 5.38. The van der Waals surface area contributed by atoms with Crippen LogP contribution in [0, 0.1) is 12.8 Å². The first kappa shape index (κ1) is 16.8. The van der Waals surface area contributed by atoms with E-state index in [-0.39, 0.29) is 17.9 Å². The van der Waals surface area contributed by atoms with Gasteiger partial charge in [-0.2, -0.15) is 0 Å². The van der Waals surface area contributed by atoms with Crippen LogP contribution in [0.15, 0.2) is 24.3 Å². The summed E-state index contributed by atoms with van der Waals surface area (Å²) in [6.45, 7) is 7.27. The maximum Gasteiger partial charge on any atom is 0.247 e. The van der Waals surface area contributed by atoms with E-state index in [1.165, 1.54) is 5.56 Å². The van der Waals surface area contributed by atoms with E-state index in [0.717, 1.165) is 18.7 Å². The molecule has 2 aliphatic heterocycles. The van der Waals surface area contributed by atoms with Gasteiger partial charge in [0.25, 0.3) is 0 Å². The molecule has 2 heterocycles. The Morgan fingerprint density at radius 3 is 2.58 bits per heavy atom. The minimum absolute atomic E-state index is 0.0919. The van der Waals surface area contributed by atoms with Crippen LogP contribution in [0.25, 0.3) is 0 Å². The van der Waals surface area contributed by atoms with Crippen LogP contribution >= 0.6 is 0 Å². The van der Waals surface area contributed by atoms with Crippen molar-refractivity contribution < 1.29 is 9.59 Å². The van der Waals surface area contributed by atoms with Gasteiger partial charge in [0.15, 0.2) is 0 Å². The van der Waals surface area contributed by atoms with Crippen molar-refractivity contribution in [2.24, 2.45) is 5.92 Å². The normalized spacial score (nSPS) is 24.1. The summed E-state index contributed by atoms with van der Waals surface area (Å²) in [5.41, 5.74) is 1.46. The Morgan fingerprint density at radius 2 is 1.92 bits per heavy atom. The van der Waals surface area contributed by atoms with Crippen LogP contribution in [0.5, 0.6) is 0 Å². The van der Waals surface area contributed by atoms with Crippen molar-refractivity contribution in [2.75, 3.05) is 25.5 Å². The Balaban J connectivity index is 1.68. The van der Waals surface area contributed by atoms with E-state index in [0.29, 0.717) is 18.9 Å². The van der Waals surface area contributed by atoms with Crippen LogP contribution in [-0.2, 0) is 9.59 Å². The van der Waals surface area contributed by atoms with E-state index >= 15 is 0 Å². The number of aryl methyl sites for hydroxylation is 1. The van der Waals surface area contributed by atoms with Gasteiger partial charge < -0.3 is 15.1 Å². The van der Waals surface area contributed by atoms with Gasteiger partial charge in [0.05, 0.1) is 6.04 Å². The van der Waals surface area contributed by atoms with Crippen molar-refractivity contribution >= 4 is 17.5 Å². The molecule has 1 aromatic carbocycles. The summed E-state index contributed by atoms with van der Waals surface area (Å²) >= 11 is 0. The van der Waals surface area contributed by atoms with Crippen LogP contribution < -0.4 is 5.32 Å². The lowest BCUT2D eigenvalue weighted by molar-refractivity contribution is -0.138. The Kier molecular flexibility index (Phi) is 4.28. The molecule has 0 saturated carbocycles. The Morgan fingerprint density at radius 1 is 1.25 bits per heavy atom. The second-order valence-corrected chi connectivity index (χ2v) is 7.69. The highest BCUT2D eigenvalue weighted by Gasteiger charge is 2.44. The van der Waals surface area contributed by atoms with Gasteiger partial charge in [0.1, 0.15) is 5.54 Å². The van der Waals surface area contributed by atoms with Crippen LogP contribution in [-0.4, -0.2) is 53.3 Å². The number of likely N-dealkylation sites (tertiary alicyclic amines) is 2. The largest absolute Gasteiger partial charge is 0.372 e. The number of benzene rings is 1. The summed E-state index contributed by atoms with van der Waals surface area (Å²) in [5, 5.41) is 3.35. The van der Waals surface area contributed by atoms with Crippen molar-refractivity contribution in [3.05, 3.63) is 29.8 Å². The van der Waals surface area contributed by atoms with E-state index in [1.54, 1.807) is 0 Å². The van der Waals surface area contributed by atoms with E-state index in [1.807, 2.05) is 61.9 Å². The number of hydrogen-bond donors (Lipinski definition) is 1. The lowest BCUT2D eigenvalue weighted by atomic mass is 9.90. The average molecular weight is 329 g/mol. The highest BCUT2D eigenvalue weighted by molar-refractivity contribution is 5.89. The highest BCUT2D eigenvalue weighted by atomic mass is 16.2. The fraction of sp³-hybridized carbons (Fsp3) is 0.579. The van der Waals surface area contributed by atoms with E-state index in [4.69, 9.17) is 0 Å². The van der Waals surface area contributed by atoms with Crippen LogP contribution in [0.4, 0.5) is 5.69 Å². The minimum atomic E-state index is -0.677. The summed E-state index contributed by atoms with van der Waals surface area (Å²) in [5.74, 6) is 0.699. The number of rotatable bonds is 3. The van der Waals surface area contributed by atoms with Gasteiger partial charge in [-0.1, -0.05) is 17.7 Å². The molecule has 0 unspecified atom stereocenters. The molecule has 1 N–H and O–H groups in total. The lowest BCUT2D eigenvalue weighted by Gasteiger charge is -2.40. The number of anilines is 1. The smallest absolute Gasteiger partial charge is 0.247 e. The van der Waals surface area contributed by atoms with Gasteiger partial charge in [-0.25, -0.2) is 0 Å². The zero-order valence-electron chi connectivity index (χ0n) is 15.0. The molecule has 5 nitrogen and oxygen atoms in total. The van der Waals surface area contributed by atoms with E-state index < -0.39 is 5.54 Å². The first-order chi connectivity index (χ1) is 11.3. The first-order valence-electron chi connectivity index (χ1n) is 8.68. The summed E-state index contributed by atoms with van der Waals surface area (Å²) in [4.78, 5) is 28.7. The molecule has 0 aromatic heterocycles. The number of nitrogens with one attached hydrogen (secondary N) is 1. The fourth-order valence-corrected chi connectivity index (χ4v) is 3.84. The molecule has 24 heavy (non-hydrogen) atoms. The Bertz CT molecular complexity index is 639. The van der Waals surface area contributed by atoms with Gasteiger partial charge in [0.2, 0.25) is 11.8 Å². The second-order valence-electron chi connectivity index (χ2n) is 7.69. The molecule has 0 spiro atoms. The predicted octanol–water partition coefficient (Wildman–Crippen LogP) is 2.26. The second kappa shape index (κ2) is 6.11. The molecule has 0 bridgehead atoms. The van der Waals surface area contributed by atoms with Crippen molar-refractivity contribution in [3.8, 4) is 0 Å². The summed E-state index contributed by atoms with van der Waals surface area (Å²) in [6, 6.07) is 8.24. The van der Waals surface area contributed by atoms with Crippen LogP contribution in [0.3, 0.4) is 0 Å². The zero-order chi connectivity index (χ0) is 17.5. The summed E-state index contributed by atoms with van der Waals surface area (Å²) in [7, 11) is 1.86. The maximum atomic E-state index is 13.0. The molecule has 130 valence electrons. The van der Waals surface area contributed by atoms with Crippen molar-refractivity contribution in [1.82, 2.24) is 9.80 Å². The topological polar surface area (TPSA) is 52.7 Å². The van der Waals surface area contributed by atoms with Gasteiger partial charge in [0, 0.05) is 32.2 Å². The molecule has 0 radical (unpaired) electrons. The van der Waals surface area contributed by atoms with Crippen LogP contribution in [0.1, 0.15) is 32.3 Å². The maximum absolute atomic E-state index is 13.0. The molecular weight excluding hydrogens is 302 g/mol. The van der Waals surface area contributed by atoms with Gasteiger partial charge in [-0.15, -0.1) is 0 Å². The van der Waals surface area contributed by atoms with Crippen molar-refractivity contribution in [1.29, 1.82) is 0 Å². The molecule has 2 amide bonds. The number of hydrogen-bond acceptors (Lipinski definition) is 3. The highest BCUT2D eigenvalue weighted by Crippen LogP contribution is 2.32. The molecule has 2 saturated heterocycles. The predicted molar refractivity (Wildman–Crippen MR) is 94.7 cm³/mol. The molecule has 2 atom stereocenters. The van der Waals surface area contributed by atoms with E-state index in [9.17, 15) is 9.59 Å². The van der Waals surface area contributed by atoms with Crippen molar-refractivity contribution in [2.45, 2.75) is 45.2 Å². The monoisotopic (exact) mass is 329 g/mol. The number of carbonyl (C=O) groups excluding carboxylic acids is 2. The molecule has 2 fully saturated rings. The Hall–Kier alpha value is -2.04. The molecule has 5 heteroatoms. The number of likely N-dealkylation sites (N-methyl/N-ethyl adjacent to an activating group) is 1. The van der Waals surface area contributed by atoms with Crippen molar-refractivity contribution in [3.63, 3.8) is 0 Å². The Labute approximate surface area is 144 Å². The molecule has 2 aliphatic rings. The fourth-order valence-electron chi connectivity index (χ4n) is 3.84. The quantitative estimate of drug-likeness (QED) is 0.925. The molecule has 1 aromatic rings. The standard InChI is InChI=1S/C19H27N3O2/c1-13-5-7-15(8-6-13)20-19(2,3)18(24)22-10-9-14-11-17(23)21(4)16(14)12-22/h5-8,14,16,20H,9-12H2,1-4H3/t14-,16-/m1/s1. The number of nitrogens with zero attached hydrogens (tertiary/aromatic N) is 2. The van der Waals surface area contributed by atoms with E-state index in [2.05, 4.69) is 5.32 Å². The molecular formula is C19H27N3O2. The average Bonchev–Trinajstić information content (AvgIpc) is 2.83. The lowest BCUT2D eigenvalue weighted by Crippen LogP contribution is -2.56. The first-order valence-corrected chi connectivity index (χ1v) is 8.68. The third kappa shape index (κ3) is 3.12. The van der Waals surface area contributed by atoms with Crippen LogP contribution in [0.2, 0.25) is 0 Å². The molecule has 0 aliphatic carbocycles. The number of fused-ring (bicyclic) bond motifs is 1. The molecule has 3 rings (SSSR count). The summed E-state index contributed by atoms with van der Waals surface area (Å²) in [6.07, 6.45) is 1.54.